The van der Waals surface area contributed by atoms with Gasteiger partial charge in [0.05, 0.1) is 5.69 Å². The van der Waals surface area contributed by atoms with Crippen LogP contribution in [0.2, 0.25) is 5.02 Å². The summed E-state index contributed by atoms with van der Waals surface area (Å²) in [5.41, 5.74) is 2.11. The second kappa shape index (κ2) is 5.50. The van der Waals surface area contributed by atoms with Crippen LogP contribution in [-0.2, 0) is 13.5 Å². The van der Waals surface area contributed by atoms with Gasteiger partial charge in [-0.15, -0.1) is 0 Å². The summed E-state index contributed by atoms with van der Waals surface area (Å²) in [6, 6.07) is 6.39. The molecule has 1 aromatic heterocycles. The van der Waals surface area contributed by atoms with Crippen LogP contribution < -0.4 is 5.32 Å². The lowest BCUT2D eigenvalue weighted by Crippen LogP contribution is -2.12. The van der Waals surface area contributed by atoms with Crippen LogP contribution in [0.4, 0.5) is 4.39 Å². The maximum atomic E-state index is 13.7. The third-order valence-corrected chi connectivity index (χ3v) is 3.05. The second-order valence-corrected chi connectivity index (χ2v) is 4.56. The second-order valence-electron chi connectivity index (χ2n) is 4.12. The summed E-state index contributed by atoms with van der Waals surface area (Å²) in [7, 11) is 3.75. The van der Waals surface area contributed by atoms with Crippen LogP contribution >= 0.6 is 11.6 Å². The van der Waals surface area contributed by atoms with Crippen molar-refractivity contribution < 1.29 is 4.39 Å². The standard InChI is InChI=1S/C13H15ClFN3/c1-16-6-5-10-8-13(17-18(10)2)11-7-9(14)3-4-12(11)15/h3-4,7-8,16H,5-6H2,1-2H3. The number of hydrogen-bond acceptors (Lipinski definition) is 2. The average Bonchev–Trinajstić information content (AvgIpc) is 2.71. The molecule has 0 fully saturated rings. The first-order valence-corrected chi connectivity index (χ1v) is 6.12. The Morgan fingerprint density at radius 3 is 2.89 bits per heavy atom. The Kier molecular flexibility index (Phi) is 3.99. The van der Waals surface area contributed by atoms with Crippen molar-refractivity contribution in [2.75, 3.05) is 13.6 Å². The molecule has 1 aromatic carbocycles. The summed E-state index contributed by atoms with van der Waals surface area (Å²) in [6.07, 6.45) is 0.849. The summed E-state index contributed by atoms with van der Waals surface area (Å²) < 4.78 is 15.5. The Labute approximate surface area is 111 Å². The normalized spacial score (nSPS) is 10.9. The predicted octanol–water partition coefficient (Wildman–Crippen LogP) is 2.64. The number of nitrogens with one attached hydrogen (secondary N) is 1. The molecule has 0 saturated carbocycles. The molecular weight excluding hydrogens is 253 g/mol. The van der Waals surface area contributed by atoms with Crippen LogP contribution in [0.15, 0.2) is 24.3 Å². The van der Waals surface area contributed by atoms with Crippen LogP contribution in [-0.4, -0.2) is 23.4 Å². The summed E-state index contributed by atoms with van der Waals surface area (Å²) in [6.45, 7) is 0.858. The van der Waals surface area contributed by atoms with Crippen LogP contribution in [0.5, 0.6) is 0 Å². The highest BCUT2D eigenvalue weighted by Gasteiger charge is 2.11. The number of aryl methyl sites for hydroxylation is 1. The lowest BCUT2D eigenvalue weighted by atomic mass is 10.1. The number of aromatic nitrogens is 2. The fraction of sp³-hybridized carbons (Fsp3) is 0.308. The Balaban J connectivity index is 2.36. The largest absolute Gasteiger partial charge is 0.319 e. The molecule has 0 aliphatic carbocycles. The first-order valence-electron chi connectivity index (χ1n) is 5.74. The molecule has 0 saturated heterocycles. The zero-order valence-electron chi connectivity index (χ0n) is 10.4. The number of benzene rings is 1. The Bertz CT molecular complexity index is 551. The van der Waals surface area contributed by atoms with Gasteiger partial charge in [-0.05, 0) is 31.3 Å². The molecule has 2 rings (SSSR count). The van der Waals surface area contributed by atoms with Gasteiger partial charge in [0.15, 0.2) is 0 Å². The third-order valence-electron chi connectivity index (χ3n) is 2.81. The van der Waals surface area contributed by atoms with E-state index in [0.29, 0.717) is 16.3 Å². The molecule has 0 radical (unpaired) electrons. The van der Waals surface area contributed by atoms with Crippen molar-refractivity contribution >= 4 is 11.6 Å². The van der Waals surface area contributed by atoms with Crippen LogP contribution in [0, 0.1) is 5.82 Å². The maximum absolute atomic E-state index is 13.7. The zero-order chi connectivity index (χ0) is 13.1. The minimum absolute atomic E-state index is 0.308. The van der Waals surface area contributed by atoms with E-state index in [1.54, 1.807) is 10.7 Å². The van der Waals surface area contributed by atoms with E-state index in [4.69, 9.17) is 11.6 Å². The van der Waals surface area contributed by atoms with Gasteiger partial charge in [-0.3, -0.25) is 4.68 Å². The fourth-order valence-electron chi connectivity index (χ4n) is 1.82. The quantitative estimate of drug-likeness (QED) is 0.923. The summed E-state index contributed by atoms with van der Waals surface area (Å²) >= 11 is 5.89. The van der Waals surface area contributed by atoms with Crippen molar-refractivity contribution in [3.63, 3.8) is 0 Å². The molecule has 0 spiro atoms. The maximum Gasteiger partial charge on any atom is 0.132 e. The van der Waals surface area contributed by atoms with Gasteiger partial charge >= 0.3 is 0 Å². The van der Waals surface area contributed by atoms with E-state index < -0.39 is 0 Å². The molecule has 0 aliphatic heterocycles. The molecular formula is C13H15ClFN3. The molecule has 3 nitrogen and oxygen atoms in total. The van der Waals surface area contributed by atoms with Gasteiger partial charge in [0.1, 0.15) is 5.82 Å². The fourth-order valence-corrected chi connectivity index (χ4v) is 1.99. The van der Waals surface area contributed by atoms with E-state index in [1.807, 2.05) is 20.2 Å². The van der Waals surface area contributed by atoms with E-state index >= 15 is 0 Å². The number of rotatable bonds is 4. The molecule has 0 unspecified atom stereocenters. The molecule has 1 N–H and O–H groups in total. The van der Waals surface area contributed by atoms with Gasteiger partial charge in [-0.25, -0.2) is 4.39 Å². The Morgan fingerprint density at radius 2 is 2.17 bits per heavy atom. The van der Waals surface area contributed by atoms with Crippen molar-refractivity contribution in [3.05, 3.63) is 40.8 Å². The van der Waals surface area contributed by atoms with Crippen LogP contribution in [0.3, 0.4) is 0 Å². The summed E-state index contributed by atoms with van der Waals surface area (Å²) in [5.74, 6) is -0.308. The minimum Gasteiger partial charge on any atom is -0.319 e. The molecule has 1 heterocycles. The predicted molar refractivity (Wildman–Crippen MR) is 71.2 cm³/mol. The number of likely N-dealkylation sites (N-methyl/N-ethyl adjacent to an activating group) is 1. The molecule has 18 heavy (non-hydrogen) atoms. The van der Waals surface area contributed by atoms with Crippen LogP contribution in [0.1, 0.15) is 5.69 Å². The smallest absolute Gasteiger partial charge is 0.132 e. The van der Waals surface area contributed by atoms with Crippen molar-refractivity contribution in [3.8, 4) is 11.3 Å². The van der Waals surface area contributed by atoms with Gasteiger partial charge in [0, 0.05) is 36.3 Å². The topological polar surface area (TPSA) is 29.9 Å². The van der Waals surface area contributed by atoms with Gasteiger partial charge in [0.25, 0.3) is 0 Å². The minimum atomic E-state index is -0.308. The Morgan fingerprint density at radius 1 is 1.39 bits per heavy atom. The van der Waals surface area contributed by atoms with E-state index in [-0.39, 0.29) is 5.82 Å². The van der Waals surface area contributed by atoms with E-state index in [1.165, 1.54) is 12.1 Å². The highest BCUT2D eigenvalue weighted by Crippen LogP contribution is 2.25. The van der Waals surface area contributed by atoms with Crippen LogP contribution in [0.25, 0.3) is 11.3 Å². The molecule has 0 aliphatic rings. The average molecular weight is 268 g/mol. The highest BCUT2D eigenvalue weighted by atomic mass is 35.5. The molecule has 0 amide bonds. The lowest BCUT2D eigenvalue weighted by molar-refractivity contribution is 0.629. The summed E-state index contributed by atoms with van der Waals surface area (Å²) in [5, 5.41) is 7.91. The van der Waals surface area contributed by atoms with E-state index in [2.05, 4.69) is 10.4 Å². The van der Waals surface area contributed by atoms with Crippen molar-refractivity contribution in [2.24, 2.45) is 7.05 Å². The lowest BCUT2D eigenvalue weighted by Gasteiger charge is -1.99. The van der Waals surface area contributed by atoms with E-state index in [9.17, 15) is 4.39 Å². The Hall–Kier alpha value is -1.39. The van der Waals surface area contributed by atoms with Crippen molar-refractivity contribution in [2.45, 2.75) is 6.42 Å². The molecule has 0 bridgehead atoms. The summed E-state index contributed by atoms with van der Waals surface area (Å²) in [4.78, 5) is 0. The van der Waals surface area contributed by atoms with E-state index in [0.717, 1.165) is 18.7 Å². The molecule has 5 heteroatoms. The molecule has 0 atom stereocenters. The number of hydrogen-bond donors (Lipinski definition) is 1. The SMILES string of the molecule is CNCCc1cc(-c2cc(Cl)ccc2F)nn1C. The van der Waals surface area contributed by atoms with Crippen molar-refractivity contribution in [1.29, 1.82) is 0 Å². The highest BCUT2D eigenvalue weighted by molar-refractivity contribution is 6.30. The van der Waals surface area contributed by atoms with Gasteiger partial charge in [0.2, 0.25) is 0 Å². The molecule has 2 aromatic rings. The first kappa shape index (κ1) is 13.1. The third kappa shape index (κ3) is 2.71. The van der Waals surface area contributed by atoms with Crippen molar-refractivity contribution in [1.82, 2.24) is 15.1 Å². The number of nitrogens with zero attached hydrogens (tertiary/aromatic N) is 2. The van der Waals surface area contributed by atoms with Gasteiger partial charge in [-0.2, -0.15) is 5.10 Å². The zero-order valence-corrected chi connectivity index (χ0v) is 11.1. The first-order chi connectivity index (χ1) is 8.61. The van der Waals surface area contributed by atoms with Gasteiger partial charge < -0.3 is 5.32 Å². The molecule has 96 valence electrons. The van der Waals surface area contributed by atoms with Gasteiger partial charge in [-0.1, -0.05) is 11.6 Å². The monoisotopic (exact) mass is 267 g/mol. The number of halogens is 2.